The zero-order valence-corrected chi connectivity index (χ0v) is 14.7. The average molecular weight is 391 g/mol. The maximum absolute atomic E-state index is 16.5. The van der Waals surface area contributed by atoms with Crippen LogP contribution in [0.1, 0.15) is 16.7 Å². The Kier molecular flexibility index (Phi) is 4.34. The predicted molar refractivity (Wildman–Crippen MR) is 93.5 cm³/mol. The van der Waals surface area contributed by atoms with Crippen LogP contribution < -0.4 is 4.74 Å². The number of hydrogen-bond donors (Lipinski definition) is 0. The molecule has 4 rings (SSSR count). The van der Waals surface area contributed by atoms with E-state index in [1.54, 1.807) is 12.1 Å². The quantitative estimate of drug-likeness (QED) is 0.508. The lowest BCUT2D eigenvalue weighted by atomic mass is 9.83. The lowest BCUT2D eigenvalue weighted by Crippen LogP contribution is -2.25. The molecule has 0 fully saturated rings. The number of ether oxygens (including phenoxy) is 1. The molecule has 7 heteroatoms. The molecule has 2 aromatic carbocycles. The summed E-state index contributed by atoms with van der Waals surface area (Å²) < 4.78 is 58.5. The van der Waals surface area contributed by atoms with E-state index < -0.39 is 17.8 Å². The molecule has 0 saturated heterocycles. The third-order valence-corrected chi connectivity index (χ3v) is 5.57. The molecule has 3 aromatic rings. The van der Waals surface area contributed by atoms with Crippen molar-refractivity contribution in [2.45, 2.75) is 28.2 Å². The van der Waals surface area contributed by atoms with Crippen LogP contribution in [0.3, 0.4) is 0 Å². The normalized spacial score (nSPS) is 19.0. The van der Waals surface area contributed by atoms with E-state index in [1.165, 1.54) is 36.3 Å². The molecule has 0 bridgehead atoms. The molecular weight excluding hydrogens is 378 g/mol. The van der Waals surface area contributed by atoms with Gasteiger partial charge in [-0.1, -0.05) is 30.0 Å². The molecule has 1 unspecified atom stereocenters. The third-order valence-electron chi connectivity index (χ3n) is 4.38. The molecule has 1 aliphatic heterocycles. The van der Waals surface area contributed by atoms with E-state index >= 15 is 4.39 Å². The Morgan fingerprint density at radius 1 is 0.963 bits per heavy atom. The largest absolute Gasteiger partial charge is 0.573 e. The number of fused-ring (bicyclic) bond motifs is 2. The second-order valence-corrected chi connectivity index (χ2v) is 7.21. The zero-order chi connectivity index (χ0) is 19.1. The Morgan fingerprint density at radius 3 is 2.44 bits per heavy atom. The maximum Gasteiger partial charge on any atom is 0.573 e. The molecule has 0 aliphatic carbocycles. The monoisotopic (exact) mass is 391 g/mol. The van der Waals surface area contributed by atoms with Crippen LogP contribution in [0.2, 0.25) is 0 Å². The summed E-state index contributed by atoms with van der Waals surface area (Å²) in [6, 6.07) is 14.3. The van der Waals surface area contributed by atoms with Crippen molar-refractivity contribution in [1.29, 1.82) is 0 Å². The van der Waals surface area contributed by atoms with Gasteiger partial charge in [0.15, 0.2) is 5.67 Å². The summed E-state index contributed by atoms with van der Waals surface area (Å²) in [7, 11) is 0. The van der Waals surface area contributed by atoms with Gasteiger partial charge in [0.2, 0.25) is 0 Å². The topological polar surface area (TPSA) is 22.1 Å². The second kappa shape index (κ2) is 6.56. The van der Waals surface area contributed by atoms with Gasteiger partial charge in [-0.15, -0.1) is 13.2 Å². The van der Waals surface area contributed by atoms with Gasteiger partial charge in [0.25, 0.3) is 0 Å². The highest BCUT2D eigenvalue weighted by molar-refractivity contribution is 7.99. The number of hydrogen-bond acceptors (Lipinski definition) is 3. The first-order chi connectivity index (χ1) is 12.9. The molecule has 0 amide bonds. The number of rotatable bonds is 2. The Hall–Kier alpha value is -2.54. The highest BCUT2D eigenvalue weighted by Gasteiger charge is 2.40. The summed E-state index contributed by atoms with van der Waals surface area (Å²) in [5, 5.41) is 0. The van der Waals surface area contributed by atoms with Crippen LogP contribution in [0.4, 0.5) is 17.6 Å². The standard InChI is InChI=1S/C20H13F4NOS/c21-19(14-7-9-25-10-8-14)12-13-3-1-2-4-17(13)27-18-6-5-15(11-16(18)19)26-20(22,23)24/h1-11H,12H2. The van der Waals surface area contributed by atoms with Crippen molar-refractivity contribution in [3.63, 3.8) is 0 Å². The molecule has 2 nitrogen and oxygen atoms in total. The Balaban J connectivity index is 1.91. The summed E-state index contributed by atoms with van der Waals surface area (Å²) in [6.07, 6.45) is -1.90. The van der Waals surface area contributed by atoms with Crippen LogP contribution in [0.25, 0.3) is 0 Å². The van der Waals surface area contributed by atoms with Crippen molar-refractivity contribution in [3.05, 3.63) is 83.7 Å². The fourth-order valence-electron chi connectivity index (χ4n) is 3.20. The molecule has 1 aliphatic rings. The third kappa shape index (κ3) is 3.51. The van der Waals surface area contributed by atoms with Gasteiger partial charge >= 0.3 is 6.36 Å². The van der Waals surface area contributed by atoms with E-state index in [0.717, 1.165) is 16.5 Å². The first-order valence-corrected chi connectivity index (χ1v) is 8.92. The summed E-state index contributed by atoms with van der Waals surface area (Å²) in [5.74, 6) is -0.441. The van der Waals surface area contributed by atoms with Crippen LogP contribution in [-0.4, -0.2) is 11.3 Å². The lowest BCUT2D eigenvalue weighted by molar-refractivity contribution is -0.274. The number of nitrogens with zero attached hydrogens (tertiary/aromatic N) is 1. The summed E-state index contributed by atoms with van der Waals surface area (Å²) in [6.45, 7) is 0. The van der Waals surface area contributed by atoms with E-state index in [-0.39, 0.29) is 12.0 Å². The van der Waals surface area contributed by atoms with Crippen molar-refractivity contribution >= 4 is 11.8 Å². The van der Waals surface area contributed by atoms with Gasteiger partial charge in [-0.25, -0.2) is 4.39 Å². The number of benzene rings is 2. The lowest BCUT2D eigenvalue weighted by Gasteiger charge is -2.27. The van der Waals surface area contributed by atoms with E-state index in [4.69, 9.17) is 0 Å². The fourth-order valence-corrected chi connectivity index (χ4v) is 4.33. The molecule has 0 spiro atoms. The van der Waals surface area contributed by atoms with Gasteiger partial charge in [-0.05, 0) is 47.5 Å². The number of alkyl halides is 4. The molecule has 1 aromatic heterocycles. The Bertz CT molecular complexity index is 977. The maximum atomic E-state index is 16.5. The minimum Gasteiger partial charge on any atom is -0.406 e. The first-order valence-electron chi connectivity index (χ1n) is 8.11. The molecule has 0 N–H and O–H groups in total. The molecule has 27 heavy (non-hydrogen) atoms. The summed E-state index contributed by atoms with van der Waals surface area (Å²) in [4.78, 5) is 5.34. The number of halogens is 4. The van der Waals surface area contributed by atoms with E-state index in [1.807, 2.05) is 24.3 Å². The van der Waals surface area contributed by atoms with Crippen LogP contribution in [0.5, 0.6) is 5.75 Å². The van der Waals surface area contributed by atoms with Crippen molar-refractivity contribution in [2.24, 2.45) is 0 Å². The van der Waals surface area contributed by atoms with Gasteiger partial charge in [-0.2, -0.15) is 0 Å². The van der Waals surface area contributed by atoms with Crippen molar-refractivity contribution < 1.29 is 22.3 Å². The SMILES string of the molecule is FC(F)(F)Oc1ccc2c(c1)C(F)(c1ccncc1)Cc1ccccc1S2. The Labute approximate surface area is 157 Å². The molecule has 138 valence electrons. The smallest absolute Gasteiger partial charge is 0.406 e. The highest BCUT2D eigenvalue weighted by Crippen LogP contribution is 2.49. The van der Waals surface area contributed by atoms with Gasteiger partial charge in [0.1, 0.15) is 5.75 Å². The molecular formula is C20H13F4NOS. The number of pyridine rings is 1. The Morgan fingerprint density at radius 2 is 1.70 bits per heavy atom. The highest BCUT2D eigenvalue weighted by atomic mass is 32.2. The van der Waals surface area contributed by atoms with Gasteiger partial charge in [0.05, 0.1) is 0 Å². The van der Waals surface area contributed by atoms with Crippen molar-refractivity contribution in [2.75, 3.05) is 0 Å². The van der Waals surface area contributed by atoms with Gasteiger partial charge in [0, 0.05) is 34.2 Å². The molecule has 2 heterocycles. The van der Waals surface area contributed by atoms with E-state index in [9.17, 15) is 13.2 Å². The fraction of sp³-hybridized carbons (Fsp3) is 0.150. The van der Waals surface area contributed by atoms with Crippen LogP contribution in [-0.2, 0) is 12.1 Å². The van der Waals surface area contributed by atoms with Crippen LogP contribution in [0.15, 0.2) is 76.8 Å². The second-order valence-electron chi connectivity index (χ2n) is 6.13. The predicted octanol–water partition coefficient (Wildman–Crippen LogP) is 5.90. The van der Waals surface area contributed by atoms with E-state index in [0.29, 0.717) is 10.5 Å². The van der Waals surface area contributed by atoms with Crippen molar-refractivity contribution in [1.82, 2.24) is 4.98 Å². The number of aromatic nitrogens is 1. The zero-order valence-electron chi connectivity index (χ0n) is 13.8. The van der Waals surface area contributed by atoms with Gasteiger partial charge < -0.3 is 4.74 Å². The minimum atomic E-state index is -4.84. The summed E-state index contributed by atoms with van der Waals surface area (Å²) >= 11 is 1.33. The summed E-state index contributed by atoms with van der Waals surface area (Å²) in [5.41, 5.74) is -0.740. The van der Waals surface area contributed by atoms with Gasteiger partial charge in [-0.3, -0.25) is 4.98 Å². The molecule has 0 saturated carbocycles. The van der Waals surface area contributed by atoms with Crippen LogP contribution >= 0.6 is 11.8 Å². The van der Waals surface area contributed by atoms with E-state index in [2.05, 4.69) is 9.72 Å². The molecule has 1 atom stereocenters. The average Bonchev–Trinajstić information content (AvgIpc) is 2.76. The minimum absolute atomic E-state index is 0.00264. The van der Waals surface area contributed by atoms with Crippen molar-refractivity contribution in [3.8, 4) is 5.75 Å². The molecule has 0 radical (unpaired) electrons. The first kappa shape index (κ1) is 17.9. The van der Waals surface area contributed by atoms with Crippen LogP contribution in [0, 0.1) is 0 Å².